The minimum atomic E-state index is -0.898. The van der Waals surface area contributed by atoms with Gasteiger partial charge in [0.2, 0.25) is 4.80 Å². The van der Waals surface area contributed by atoms with Crippen LogP contribution in [-0.4, -0.2) is 15.6 Å². The van der Waals surface area contributed by atoms with Gasteiger partial charge in [-0.25, -0.2) is 0 Å². The van der Waals surface area contributed by atoms with Crippen LogP contribution < -0.4 is 10.6 Å². The summed E-state index contributed by atoms with van der Waals surface area (Å²) in [5, 5.41) is 12.6. The number of benzene rings is 1. The number of aromatic nitrogens is 1. The molecule has 0 aliphatic carbocycles. The van der Waals surface area contributed by atoms with E-state index in [2.05, 4.69) is 5.10 Å². The lowest BCUT2D eigenvalue weighted by Gasteiger charge is -2.05. The van der Waals surface area contributed by atoms with Gasteiger partial charge in [-0.15, -0.1) is 0 Å². The number of carbonyl (C=O) groups is 1. The van der Waals surface area contributed by atoms with E-state index in [0.717, 1.165) is 22.2 Å². The molecule has 0 saturated heterocycles. The summed E-state index contributed by atoms with van der Waals surface area (Å²) in [5.74, 6) is 4.41. The molecule has 90 valence electrons. The third-order valence-corrected chi connectivity index (χ3v) is 3.63. The molecule has 1 heterocycles. The number of para-hydroxylation sites is 1. The molecule has 2 aromatic rings. The van der Waals surface area contributed by atoms with Crippen molar-refractivity contribution in [2.24, 2.45) is 10.9 Å². The van der Waals surface area contributed by atoms with Gasteiger partial charge in [0.25, 0.3) is 0 Å². The van der Waals surface area contributed by atoms with E-state index in [0.29, 0.717) is 4.80 Å². The van der Waals surface area contributed by atoms with Gasteiger partial charge < -0.3 is 15.5 Å². The maximum absolute atomic E-state index is 10.9. The first kappa shape index (κ1) is 11.7. The summed E-state index contributed by atoms with van der Waals surface area (Å²) >= 11 is 1.40. The lowest BCUT2D eigenvalue weighted by molar-refractivity contribution is -0.137. The van der Waals surface area contributed by atoms with Crippen LogP contribution in [-0.2, 0) is 17.8 Å². The molecule has 1 aromatic carbocycles. The Hall–Kier alpha value is -1.82. The molecule has 2 rings (SSSR count). The van der Waals surface area contributed by atoms with Crippen LogP contribution >= 0.6 is 11.3 Å². The van der Waals surface area contributed by atoms with E-state index in [9.17, 15) is 4.79 Å². The van der Waals surface area contributed by atoms with Gasteiger partial charge in [0, 0.05) is 0 Å². The van der Waals surface area contributed by atoms with Gasteiger partial charge >= 0.3 is 5.97 Å². The van der Waals surface area contributed by atoms with Gasteiger partial charge in [-0.05, 0) is 18.1 Å². The minimum Gasteiger partial charge on any atom is -0.480 e. The topological polar surface area (TPSA) is 80.6 Å². The number of thiazole rings is 1. The standard InChI is InChI=1S/C11H13N3O2S/c1-2-7-4-3-5-8-10(7)14(6-9(15)16)11(13-12)17-8/h3-5H,2,6,12H2,1H3,(H,15,16). The van der Waals surface area contributed by atoms with Crippen molar-refractivity contribution in [1.82, 2.24) is 4.57 Å². The van der Waals surface area contributed by atoms with Gasteiger partial charge in [-0.3, -0.25) is 4.79 Å². The SMILES string of the molecule is CCc1cccc2sc(=NN)n(CC(=O)O)c12. The molecule has 0 amide bonds. The molecule has 0 atom stereocenters. The van der Waals surface area contributed by atoms with Crippen molar-refractivity contribution in [3.05, 3.63) is 28.6 Å². The molecule has 6 heteroatoms. The van der Waals surface area contributed by atoms with Crippen molar-refractivity contribution in [2.75, 3.05) is 0 Å². The van der Waals surface area contributed by atoms with Gasteiger partial charge in [0.15, 0.2) is 0 Å². The van der Waals surface area contributed by atoms with Gasteiger partial charge in [-0.2, -0.15) is 5.10 Å². The molecule has 17 heavy (non-hydrogen) atoms. The third-order valence-electron chi connectivity index (χ3n) is 2.57. The molecular formula is C11H13N3O2S. The van der Waals surface area contributed by atoms with Crippen molar-refractivity contribution in [3.63, 3.8) is 0 Å². The number of aryl methyl sites for hydroxylation is 1. The maximum Gasteiger partial charge on any atom is 0.323 e. The Bertz CT molecular complexity index is 627. The highest BCUT2D eigenvalue weighted by Crippen LogP contribution is 2.21. The number of aliphatic carboxylic acids is 1. The zero-order valence-electron chi connectivity index (χ0n) is 9.38. The van der Waals surface area contributed by atoms with Gasteiger partial charge in [-0.1, -0.05) is 30.4 Å². The molecule has 0 aliphatic rings. The van der Waals surface area contributed by atoms with Crippen LogP contribution in [0.4, 0.5) is 0 Å². The Labute approximate surface area is 102 Å². The molecule has 0 radical (unpaired) electrons. The molecule has 0 saturated carbocycles. The van der Waals surface area contributed by atoms with Crippen molar-refractivity contribution in [1.29, 1.82) is 0 Å². The highest BCUT2D eigenvalue weighted by molar-refractivity contribution is 7.16. The van der Waals surface area contributed by atoms with E-state index in [1.807, 2.05) is 25.1 Å². The van der Waals surface area contributed by atoms with Crippen LogP contribution in [0.1, 0.15) is 12.5 Å². The smallest absolute Gasteiger partial charge is 0.323 e. The second kappa shape index (κ2) is 4.58. The summed E-state index contributed by atoms with van der Waals surface area (Å²) in [6.45, 7) is 1.92. The number of carboxylic acid groups (broad SMARTS) is 1. The molecule has 0 aliphatic heterocycles. The average Bonchev–Trinajstić information content (AvgIpc) is 2.66. The van der Waals surface area contributed by atoms with Crippen LogP contribution in [0.5, 0.6) is 0 Å². The number of hydrogen-bond acceptors (Lipinski definition) is 4. The van der Waals surface area contributed by atoms with Crippen LogP contribution in [0.3, 0.4) is 0 Å². The van der Waals surface area contributed by atoms with Gasteiger partial charge in [0.05, 0.1) is 10.2 Å². The number of carboxylic acids is 1. The number of nitrogens with two attached hydrogens (primary N) is 1. The Kier molecular flexibility index (Phi) is 3.14. The quantitative estimate of drug-likeness (QED) is 0.633. The predicted molar refractivity (Wildman–Crippen MR) is 66.6 cm³/mol. The van der Waals surface area contributed by atoms with Crippen LogP contribution in [0, 0.1) is 0 Å². The van der Waals surface area contributed by atoms with E-state index in [1.165, 1.54) is 11.3 Å². The Morgan fingerprint density at radius 1 is 1.59 bits per heavy atom. The fraction of sp³-hybridized carbons (Fsp3) is 0.273. The normalized spacial score (nSPS) is 12.2. The molecule has 0 unspecified atom stereocenters. The summed E-state index contributed by atoms with van der Waals surface area (Å²) in [6.07, 6.45) is 0.845. The first-order valence-electron chi connectivity index (χ1n) is 5.24. The molecule has 0 fully saturated rings. The van der Waals surface area contributed by atoms with Crippen LogP contribution in [0.15, 0.2) is 23.3 Å². The second-order valence-corrected chi connectivity index (χ2v) is 4.62. The summed E-state index contributed by atoms with van der Waals surface area (Å²) in [7, 11) is 0. The van der Waals surface area contributed by atoms with E-state index in [-0.39, 0.29) is 6.54 Å². The van der Waals surface area contributed by atoms with E-state index in [4.69, 9.17) is 10.9 Å². The maximum atomic E-state index is 10.9. The lowest BCUT2D eigenvalue weighted by Crippen LogP contribution is -2.21. The van der Waals surface area contributed by atoms with E-state index in [1.54, 1.807) is 4.57 Å². The Morgan fingerprint density at radius 2 is 2.35 bits per heavy atom. The summed E-state index contributed by atoms with van der Waals surface area (Å²) < 4.78 is 2.66. The van der Waals surface area contributed by atoms with Crippen LogP contribution in [0.2, 0.25) is 0 Å². The van der Waals surface area contributed by atoms with E-state index >= 15 is 0 Å². The minimum absolute atomic E-state index is 0.118. The predicted octanol–water partition coefficient (Wildman–Crippen LogP) is 1.12. The monoisotopic (exact) mass is 251 g/mol. The second-order valence-electron chi connectivity index (χ2n) is 3.61. The fourth-order valence-electron chi connectivity index (χ4n) is 1.87. The Morgan fingerprint density at radius 3 is 2.94 bits per heavy atom. The lowest BCUT2D eigenvalue weighted by atomic mass is 10.1. The zero-order chi connectivity index (χ0) is 12.4. The first-order chi connectivity index (χ1) is 8.17. The summed E-state index contributed by atoms with van der Waals surface area (Å²) in [6, 6.07) is 5.91. The molecular weight excluding hydrogens is 238 g/mol. The highest BCUT2D eigenvalue weighted by atomic mass is 32.1. The van der Waals surface area contributed by atoms with Crippen molar-refractivity contribution < 1.29 is 9.90 Å². The summed E-state index contributed by atoms with van der Waals surface area (Å²) in [4.78, 5) is 11.4. The first-order valence-corrected chi connectivity index (χ1v) is 6.06. The number of nitrogens with zero attached hydrogens (tertiary/aromatic N) is 2. The molecule has 1 aromatic heterocycles. The summed E-state index contributed by atoms with van der Waals surface area (Å²) in [5.41, 5.74) is 2.03. The van der Waals surface area contributed by atoms with E-state index < -0.39 is 5.97 Å². The zero-order valence-corrected chi connectivity index (χ0v) is 10.2. The van der Waals surface area contributed by atoms with Crippen molar-refractivity contribution >= 4 is 27.5 Å². The number of fused-ring (bicyclic) bond motifs is 1. The highest BCUT2D eigenvalue weighted by Gasteiger charge is 2.11. The fourth-order valence-corrected chi connectivity index (χ4v) is 2.87. The van der Waals surface area contributed by atoms with Crippen LogP contribution in [0.25, 0.3) is 10.2 Å². The van der Waals surface area contributed by atoms with Gasteiger partial charge in [0.1, 0.15) is 6.54 Å². The Balaban J connectivity index is 2.80. The molecule has 0 spiro atoms. The molecule has 5 nitrogen and oxygen atoms in total. The average molecular weight is 251 g/mol. The largest absolute Gasteiger partial charge is 0.480 e. The third kappa shape index (κ3) is 2.03. The number of rotatable bonds is 3. The number of hydrogen-bond donors (Lipinski definition) is 2. The van der Waals surface area contributed by atoms with Crippen molar-refractivity contribution in [3.8, 4) is 0 Å². The van der Waals surface area contributed by atoms with Crippen molar-refractivity contribution in [2.45, 2.75) is 19.9 Å². The molecule has 0 bridgehead atoms. The molecule has 3 N–H and O–H groups in total.